The lowest BCUT2D eigenvalue weighted by Crippen LogP contribution is -2.31. The first kappa shape index (κ1) is 10.6. The van der Waals surface area contributed by atoms with E-state index in [-0.39, 0.29) is 5.41 Å². The van der Waals surface area contributed by atoms with Crippen LogP contribution in [0.5, 0.6) is 0 Å². The zero-order chi connectivity index (χ0) is 11.5. The Morgan fingerprint density at radius 3 is 2.53 bits per heavy atom. The van der Waals surface area contributed by atoms with Gasteiger partial charge in [-0.15, -0.1) is 0 Å². The molecule has 0 aromatic heterocycles. The van der Waals surface area contributed by atoms with E-state index in [1.165, 1.54) is 0 Å². The highest BCUT2D eigenvalue weighted by atomic mass is 16.8. The Bertz CT molecular complexity index is 386. The second-order valence-electron chi connectivity index (χ2n) is 5.33. The van der Waals surface area contributed by atoms with Crippen molar-refractivity contribution in [3.8, 4) is 0 Å². The first-order valence-electron chi connectivity index (χ1n) is 5.06. The molecule has 3 nitrogen and oxygen atoms in total. The number of rotatable bonds is 1. The number of allylic oxidation sites excluding steroid dienone is 2. The van der Waals surface area contributed by atoms with Crippen LogP contribution in [0.3, 0.4) is 0 Å². The summed E-state index contributed by atoms with van der Waals surface area (Å²) in [6.45, 7) is 7.97. The van der Waals surface area contributed by atoms with Crippen LogP contribution in [0.2, 0.25) is 0 Å². The maximum atomic E-state index is 11.0. The third kappa shape index (κ3) is 1.23. The number of ether oxygens (including phenoxy) is 1. The highest BCUT2D eigenvalue weighted by Crippen LogP contribution is 2.55. The lowest BCUT2D eigenvalue weighted by molar-refractivity contribution is -0.111. The van der Waals surface area contributed by atoms with E-state index in [4.69, 9.17) is 4.74 Å². The third-order valence-corrected chi connectivity index (χ3v) is 3.12. The molecule has 1 N–H and O–H groups in total. The Balaban J connectivity index is 2.48. The molecule has 2 unspecified atom stereocenters. The van der Waals surface area contributed by atoms with Crippen molar-refractivity contribution in [1.29, 1.82) is 0 Å². The van der Waals surface area contributed by atoms with Gasteiger partial charge in [0.05, 0.1) is 0 Å². The molecule has 0 aromatic rings. The smallest absolute Gasteiger partial charge is 0.231 e. The van der Waals surface area contributed by atoms with Crippen molar-refractivity contribution in [2.24, 2.45) is 5.41 Å². The van der Waals surface area contributed by atoms with E-state index in [9.17, 15) is 9.90 Å². The fourth-order valence-electron chi connectivity index (χ4n) is 1.91. The number of hydrogen-bond donors (Lipinski definition) is 1. The molecular weight excluding hydrogens is 192 g/mol. The standard InChI is InChI=1S/C12H16O3/c1-8-5-9(10(2,3)4)6-11(7-13)12(8,14)15-11/h5-7,14H,1-4H3. The van der Waals surface area contributed by atoms with Crippen LogP contribution in [0.15, 0.2) is 23.3 Å². The first-order chi connectivity index (χ1) is 6.75. The van der Waals surface area contributed by atoms with E-state index in [1.807, 2.05) is 6.08 Å². The molecule has 0 saturated carbocycles. The number of hydrogen-bond acceptors (Lipinski definition) is 3. The van der Waals surface area contributed by atoms with Crippen LogP contribution < -0.4 is 0 Å². The molecule has 0 amide bonds. The van der Waals surface area contributed by atoms with Gasteiger partial charge in [0, 0.05) is 0 Å². The Kier molecular flexibility index (Phi) is 1.83. The molecule has 15 heavy (non-hydrogen) atoms. The number of fused-ring (bicyclic) bond motifs is 1. The molecule has 2 atom stereocenters. The normalized spacial score (nSPS) is 39.0. The summed E-state index contributed by atoms with van der Waals surface area (Å²) < 4.78 is 5.18. The van der Waals surface area contributed by atoms with Crippen LogP contribution in [-0.4, -0.2) is 22.8 Å². The summed E-state index contributed by atoms with van der Waals surface area (Å²) in [5.41, 5.74) is 0.537. The van der Waals surface area contributed by atoms with Crippen molar-refractivity contribution in [3.63, 3.8) is 0 Å². The quantitative estimate of drug-likeness (QED) is 0.525. The molecule has 82 valence electrons. The van der Waals surface area contributed by atoms with Crippen molar-refractivity contribution in [2.45, 2.75) is 39.1 Å². The van der Waals surface area contributed by atoms with Gasteiger partial charge in [0.2, 0.25) is 11.4 Å². The maximum absolute atomic E-state index is 11.0. The van der Waals surface area contributed by atoms with Gasteiger partial charge >= 0.3 is 0 Å². The monoisotopic (exact) mass is 208 g/mol. The van der Waals surface area contributed by atoms with Crippen molar-refractivity contribution in [1.82, 2.24) is 0 Å². The molecule has 0 radical (unpaired) electrons. The lowest BCUT2D eigenvalue weighted by atomic mass is 9.78. The molecule has 2 aliphatic rings. The highest BCUT2D eigenvalue weighted by Gasteiger charge is 2.71. The average molecular weight is 208 g/mol. The maximum Gasteiger partial charge on any atom is 0.231 e. The molecular formula is C12H16O3. The molecule has 3 heteroatoms. The minimum Gasteiger partial charge on any atom is -0.359 e. The second-order valence-corrected chi connectivity index (χ2v) is 5.33. The van der Waals surface area contributed by atoms with Crippen molar-refractivity contribution in [3.05, 3.63) is 23.3 Å². The van der Waals surface area contributed by atoms with E-state index >= 15 is 0 Å². The van der Waals surface area contributed by atoms with Gasteiger partial charge in [0.15, 0.2) is 6.29 Å². The first-order valence-corrected chi connectivity index (χ1v) is 5.06. The summed E-state index contributed by atoms with van der Waals surface area (Å²) in [4.78, 5) is 11.0. The number of aldehydes is 1. The van der Waals surface area contributed by atoms with E-state index in [1.54, 1.807) is 13.0 Å². The number of aliphatic hydroxyl groups is 1. The predicted molar refractivity (Wildman–Crippen MR) is 56.1 cm³/mol. The summed E-state index contributed by atoms with van der Waals surface area (Å²) in [5, 5.41) is 9.98. The SMILES string of the molecule is CC1=CC(C(C)(C)C)=CC2(C=O)OC12O. The second kappa shape index (κ2) is 2.60. The fourth-order valence-corrected chi connectivity index (χ4v) is 1.91. The average Bonchev–Trinajstić information content (AvgIpc) is 2.72. The summed E-state index contributed by atoms with van der Waals surface area (Å²) in [5.74, 6) is -1.39. The van der Waals surface area contributed by atoms with Gasteiger partial charge in [-0.25, -0.2) is 0 Å². The molecule has 1 aliphatic heterocycles. The van der Waals surface area contributed by atoms with Crippen molar-refractivity contribution in [2.75, 3.05) is 0 Å². The molecule has 0 bridgehead atoms. The van der Waals surface area contributed by atoms with Gasteiger partial charge in [-0.1, -0.05) is 26.8 Å². The van der Waals surface area contributed by atoms with Gasteiger partial charge in [-0.05, 0) is 29.6 Å². The lowest BCUT2D eigenvalue weighted by Gasteiger charge is -2.25. The van der Waals surface area contributed by atoms with E-state index < -0.39 is 11.4 Å². The van der Waals surface area contributed by atoms with Crippen molar-refractivity contribution >= 4 is 6.29 Å². The minimum absolute atomic E-state index is 0.0510. The summed E-state index contributed by atoms with van der Waals surface area (Å²) >= 11 is 0. The summed E-state index contributed by atoms with van der Waals surface area (Å²) in [6, 6.07) is 0. The number of carbonyl (C=O) groups excluding carboxylic acids is 1. The zero-order valence-electron chi connectivity index (χ0n) is 9.50. The van der Waals surface area contributed by atoms with Crippen LogP contribution in [0.4, 0.5) is 0 Å². The van der Waals surface area contributed by atoms with Gasteiger partial charge in [0.25, 0.3) is 0 Å². The van der Waals surface area contributed by atoms with E-state index in [0.717, 1.165) is 5.57 Å². The van der Waals surface area contributed by atoms with Crippen LogP contribution >= 0.6 is 0 Å². The minimum atomic E-state index is -1.39. The molecule has 2 rings (SSSR count). The Morgan fingerprint density at radius 2 is 2.07 bits per heavy atom. The van der Waals surface area contributed by atoms with Crippen LogP contribution in [0.1, 0.15) is 27.7 Å². The van der Waals surface area contributed by atoms with E-state index in [0.29, 0.717) is 11.9 Å². The van der Waals surface area contributed by atoms with E-state index in [2.05, 4.69) is 20.8 Å². The largest absolute Gasteiger partial charge is 0.359 e. The predicted octanol–water partition coefficient (Wildman–Crippen LogP) is 1.58. The Morgan fingerprint density at radius 1 is 1.47 bits per heavy atom. The molecule has 1 aliphatic carbocycles. The molecule has 1 heterocycles. The molecule has 1 fully saturated rings. The van der Waals surface area contributed by atoms with Gasteiger partial charge in [-0.3, -0.25) is 4.79 Å². The topological polar surface area (TPSA) is 49.8 Å². The molecule has 0 spiro atoms. The summed E-state index contributed by atoms with van der Waals surface area (Å²) in [7, 11) is 0. The Hall–Kier alpha value is -0.930. The highest BCUT2D eigenvalue weighted by molar-refractivity contribution is 5.77. The number of carbonyl (C=O) groups is 1. The number of epoxide rings is 1. The molecule has 1 saturated heterocycles. The van der Waals surface area contributed by atoms with Crippen LogP contribution in [-0.2, 0) is 9.53 Å². The third-order valence-electron chi connectivity index (χ3n) is 3.12. The van der Waals surface area contributed by atoms with Crippen molar-refractivity contribution < 1.29 is 14.6 Å². The zero-order valence-corrected chi connectivity index (χ0v) is 9.50. The van der Waals surface area contributed by atoms with Crippen LogP contribution in [0, 0.1) is 5.41 Å². The fraction of sp³-hybridized carbons (Fsp3) is 0.583. The molecule has 0 aromatic carbocycles. The Labute approximate surface area is 89.4 Å². The summed E-state index contributed by atoms with van der Waals surface area (Å²) in [6.07, 6.45) is 4.30. The van der Waals surface area contributed by atoms with Gasteiger partial charge in [-0.2, -0.15) is 0 Å². The van der Waals surface area contributed by atoms with Gasteiger partial charge in [0.1, 0.15) is 0 Å². The van der Waals surface area contributed by atoms with Gasteiger partial charge < -0.3 is 9.84 Å². The van der Waals surface area contributed by atoms with Crippen LogP contribution in [0.25, 0.3) is 0 Å².